The Morgan fingerprint density at radius 2 is 2.00 bits per heavy atom. The van der Waals surface area contributed by atoms with Crippen LogP contribution in [0, 0.1) is 22.7 Å². The molecule has 0 unspecified atom stereocenters. The Morgan fingerprint density at radius 1 is 1.27 bits per heavy atom. The van der Waals surface area contributed by atoms with Crippen molar-refractivity contribution in [1.29, 1.82) is 0 Å². The molecule has 0 amide bonds. The normalized spacial score (nSPS) is 43.5. The van der Waals surface area contributed by atoms with Crippen LogP contribution in [-0.2, 0) is 4.79 Å². The van der Waals surface area contributed by atoms with Gasteiger partial charge in [0.15, 0.2) is 0 Å². The van der Waals surface area contributed by atoms with Gasteiger partial charge in [0.05, 0.1) is 0 Å². The van der Waals surface area contributed by atoms with Crippen LogP contribution in [0.3, 0.4) is 0 Å². The van der Waals surface area contributed by atoms with E-state index in [1.807, 2.05) is 0 Å². The second-order valence-corrected chi connectivity index (χ2v) is 6.11. The third-order valence-corrected chi connectivity index (χ3v) is 5.32. The molecule has 0 aromatic heterocycles. The van der Waals surface area contributed by atoms with Gasteiger partial charge in [-0.05, 0) is 42.4 Å². The van der Waals surface area contributed by atoms with E-state index in [1.165, 1.54) is 18.4 Å². The minimum Gasteiger partial charge on any atom is -0.299 e. The lowest BCUT2D eigenvalue weighted by Crippen LogP contribution is -2.29. The molecule has 15 heavy (non-hydrogen) atoms. The van der Waals surface area contributed by atoms with Gasteiger partial charge in [0.2, 0.25) is 0 Å². The molecular weight excluding hydrogens is 184 g/mol. The van der Waals surface area contributed by atoms with Crippen molar-refractivity contribution in [3.8, 4) is 0 Å². The fourth-order valence-corrected chi connectivity index (χ4v) is 4.45. The lowest BCUT2D eigenvalue weighted by atomic mass is 9.70. The van der Waals surface area contributed by atoms with E-state index in [0.717, 1.165) is 19.3 Å². The van der Waals surface area contributed by atoms with Crippen LogP contribution in [0.4, 0.5) is 0 Å². The first-order valence-corrected chi connectivity index (χ1v) is 6.06. The number of ketones is 1. The van der Waals surface area contributed by atoms with Crippen molar-refractivity contribution in [2.24, 2.45) is 16.7 Å². The lowest BCUT2D eigenvalue weighted by molar-refractivity contribution is -0.126. The predicted molar refractivity (Wildman–Crippen MR) is 60.2 cm³/mol. The van der Waals surface area contributed by atoms with E-state index in [1.54, 1.807) is 5.92 Å². The maximum Gasteiger partial charge on any atom is 0.136 e. The third-order valence-electron chi connectivity index (χ3n) is 5.32. The first-order chi connectivity index (χ1) is 6.98. The van der Waals surface area contributed by atoms with Crippen LogP contribution in [0.1, 0.15) is 46.0 Å². The molecule has 3 rings (SSSR count). The Bertz CT molecular complexity index is 352. The average Bonchev–Trinajstić information content (AvgIpc) is 2.57. The second kappa shape index (κ2) is 2.56. The number of allylic oxidation sites excluding steroid dienone is 1. The summed E-state index contributed by atoms with van der Waals surface area (Å²) >= 11 is 0. The molecule has 81 valence electrons. The van der Waals surface area contributed by atoms with E-state index in [-0.39, 0.29) is 10.8 Å². The van der Waals surface area contributed by atoms with Gasteiger partial charge in [0.1, 0.15) is 5.78 Å². The summed E-state index contributed by atoms with van der Waals surface area (Å²) in [6.45, 7) is 8.82. The van der Waals surface area contributed by atoms with Crippen LogP contribution in [0.5, 0.6) is 0 Å². The Balaban J connectivity index is 2.12. The van der Waals surface area contributed by atoms with Crippen LogP contribution >= 0.6 is 0 Å². The first-order valence-electron chi connectivity index (χ1n) is 6.06. The van der Waals surface area contributed by atoms with E-state index in [9.17, 15) is 4.79 Å². The van der Waals surface area contributed by atoms with Crippen molar-refractivity contribution in [3.63, 3.8) is 0 Å². The van der Waals surface area contributed by atoms with Crippen molar-refractivity contribution in [2.45, 2.75) is 46.0 Å². The largest absolute Gasteiger partial charge is 0.299 e. The minimum absolute atomic E-state index is 0.146. The number of carbonyl (C=O) groups excluding carboxylic acids is 1. The zero-order valence-corrected chi connectivity index (χ0v) is 9.73. The summed E-state index contributed by atoms with van der Waals surface area (Å²) in [6, 6.07) is 0. The van der Waals surface area contributed by atoms with E-state index in [2.05, 4.69) is 20.4 Å². The maximum absolute atomic E-state index is 12.0. The molecule has 1 radical (unpaired) electrons. The van der Waals surface area contributed by atoms with Crippen LogP contribution in [0.15, 0.2) is 12.2 Å². The monoisotopic (exact) mass is 203 g/mol. The molecule has 0 saturated heterocycles. The lowest BCUT2D eigenvalue weighted by Gasteiger charge is -2.34. The number of rotatable bonds is 0. The molecule has 3 saturated carbocycles. The molecular formula is C14H19O. The van der Waals surface area contributed by atoms with Crippen molar-refractivity contribution >= 4 is 5.78 Å². The van der Waals surface area contributed by atoms with Gasteiger partial charge in [-0.1, -0.05) is 26.0 Å². The molecule has 2 bridgehead atoms. The van der Waals surface area contributed by atoms with Crippen LogP contribution in [0.2, 0.25) is 0 Å². The van der Waals surface area contributed by atoms with Crippen LogP contribution in [0.25, 0.3) is 0 Å². The Hall–Kier alpha value is -0.590. The summed E-state index contributed by atoms with van der Waals surface area (Å²) in [5, 5.41) is 0. The highest BCUT2D eigenvalue weighted by molar-refractivity contribution is 5.85. The molecule has 0 aromatic carbocycles. The van der Waals surface area contributed by atoms with Gasteiger partial charge in [-0.2, -0.15) is 0 Å². The van der Waals surface area contributed by atoms with Gasteiger partial charge in [0.25, 0.3) is 0 Å². The molecule has 1 spiro atoms. The fraction of sp³-hybridized carbons (Fsp3) is 0.714. The van der Waals surface area contributed by atoms with Crippen molar-refractivity contribution in [3.05, 3.63) is 18.1 Å². The smallest absolute Gasteiger partial charge is 0.136 e. The minimum atomic E-state index is 0.146. The van der Waals surface area contributed by atoms with Crippen LogP contribution in [-0.4, -0.2) is 5.78 Å². The second-order valence-electron chi connectivity index (χ2n) is 6.11. The summed E-state index contributed by atoms with van der Waals surface area (Å²) < 4.78 is 0. The van der Waals surface area contributed by atoms with Crippen LogP contribution < -0.4 is 0 Å². The molecule has 3 aliphatic rings. The SMILES string of the molecule is C=C1CC[C]2C(C)(C)[C@H]3C[C@]21CCC3=O. The summed E-state index contributed by atoms with van der Waals surface area (Å²) in [4.78, 5) is 12.0. The molecule has 0 heterocycles. The number of fused-ring (bicyclic) bond motifs is 1. The number of hydrogen-bond donors (Lipinski definition) is 0. The van der Waals surface area contributed by atoms with Gasteiger partial charge in [0, 0.05) is 12.3 Å². The van der Waals surface area contributed by atoms with E-state index in [0.29, 0.717) is 11.7 Å². The number of Topliss-reactive ketones (excluding diaryl/α,β-unsaturated/α-hetero) is 1. The van der Waals surface area contributed by atoms with Gasteiger partial charge in [-0.15, -0.1) is 0 Å². The van der Waals surface area contributed by atoms with E-state index >= 15 is 0 Å². The third kappa shape index (κ3) is 0.926. The maximum atomic E-state index is 12.0. The number of hydrogen-bond acceptors (Lipinski definition) is 1. The summed E-state index contributed by atoms with van der Waals surface area (Å²) in [7, 11) is 0. The highest BCUT2D eigenvalue weighted by Gasteiger charge is 2.64. The van der Waals surface area contributed by atoms with Crippen molar-refractivity contribution in [1.82, 2.24) is 0 Å². The molecule has 2 atom stereocenters. The summed E-state index contributed by atoms with van der Waals surface area (Å²) in [5.74, 6) is 2.44. The average molecular weight is 203 g/mol. The highest BCUT2D eigenvalue weighted by atomic mass is 16.1. The van der Waals surface area contributed by atoms with Gasteiger partial charge >= 0.3 is 0 Å². The highest BCUT2D eigenvalue weighted by Crippen LogP contribution is 2.71. The van der Waals surface area contributed by atoms with Gasteiger partial charge in [-0.3, -0.25) is 4.79 Å². The van der Waals surface area contributed by atoms with Crippen molar-refractivity contribution < 1.29 is 4.79 Å². The molecule has 1 nitrogen and oxygen atoms in total. The fourth-order valence-electron chi connectivity index (χ4n) is 4.45. The quantitative estimate of drug-likeness (QED) is 0.552. The molecule has 0 aliphatic heterocycles. The summed E-state index contributed by atoms with van der Waals surface area (Å²) in [6.07, 6.45) is 5.28. The standard InChI is InChI=1S/C14H19O/c1-9-4-5-12-13(2,3)10-8-14(9,12)7-6-11(10)15/h10H,1,4-8H2,2-3H3/t10-,14-/m0/s1. The van der Waals surface area contributed by atoms with E-state index < -0.39 is 0 Å². The summed E-state index contributed by atoms with van der Waals surface area (Å²) in [5.41, 5.74) is 1.84. The molecule has 0 aromatic rings. The predicted octanol–water partition coefficient (Wildman–Crippen LogP) is 3.31. The Morgan fingerprint density at radius 3 is 2.73 bits per heavy atom. The topological polar surface area (TPSA) is 17.1 Å². The molecule has 0 N–H and O–H groups in total. The molecule has 3 fully saturated rings. The molecule has 1 heteroatoms. The van der Waals surface area contributed by atoms with Gasteiger partial charge in [-0.25, -0.2) is 0 Å². The number of carbonyl (C=O) groups is 1. The zero-order chi connectivity index (χ0) is 10.8. The Kier molecular flexibility index (Phi) is 1.64. The Labute approximate surface area is 91.9 Å². The van der Waals surface area contributed by atoms with Gasteiger partial charge < -0.3 is 0 Å². The zero-order valence-electron chi connectivity index (χ0n) is 9.73. The van der Waals surface area contributed by atoms with Crippen molar-refractivity contribution in [2.75, 3.05) is 0 Å². The molecule has 3 aliphatic carbocycles. The first kappa shape index (κ1) is 9.62. The van der Waals surface area contributed by atoms with E-state index in [4.69, 9.17) is 0 Å².